The first-order valence-corrected chi connectivity index (χ1v) is 9.43. The Morgan fingerprint density at radius 2 is 1.79 bits per heavy atom. The molecule has 0 aliphatic carbocycles. The fourth-order valence-corrected chi connectivity index (χ4v) is 3.15. The van der Waals surface area contributed by atoms with Gasteiger partial charge in [-0.1, -0.05) is 29.8 Å². The van der Waals surface area contributed by atoms with Crippen LogP contribution in [0, 0.1) is 6.92 Å². The zero-order valence-corrected chi connectivity index (χ0v) is 16.3. The molecular formula is C20H20N4O3S. The van der Waals surface area contributed by atoms with Crippen LogP contribution in [-0.2, 0) is 11.2 Å². The number of anilines is 3. The van der Waals surface area contributed by atoms with Crippen molar-refractivity contribution in [2.24, 2.45) is 0 Å². The van der Waals surface area contributed by atoms with Crippen molar-refractivity contribution in [2.75, 3.05) is 23.1 Å². The zero-order chi connectivity index (χ0) is 19.9. The second-order valence-electron chi connectivity index (χ2n) is 6.01. The molecule has 3 rings (SSSR count). The predicted molar refractivity (Wildman–Crippen MR) is 111 cm³/mol. The fraction of sp³-hybridized carbons (Fsp3) is 0.150. The number of benzene rings is 2. The highest BCUT2D eigenvalue weighted by molar-refractivity contribution is 7.14. The van der Waals surface area contributed by atoms with E-state index in [9.17, 15) is 9.59 Å². The molecule has 144 valence electrons. The molecule has 0 saturated carbocycles. The number of nitrogens with zero attached hydrogens (tertiary/aromatic N) is 1. The van der Waals surface area contributed by atoms with Gasteiger partial charge in [-0.25, -0.2) is 9.78 Å². The molecule has 0 saturated heterocycles. The van der Waals surface area contributed by atoms with Gasteiger partial charge in [-0.15, -0.1) is 11.3 Å². The third-order valence-electron chi connectivity index (χ3n) is 3.80. The number of carbonyl (C=O) groups excluding carboxylic acids is 2. The first-order valence-electron chi connectivity index (χ1n) is 8.55. The van der Waals surface area contributed by atoms with E-state index in [-0.39, 0.29) is 18.4 Å². The van der Waals surface area contributed by atoms with Gasteiger partial charge in [-0.3, -0.25) is 10.1 Å². The second kappa shape index (κ2) is 9.01. The Kier molecular flexibility index (Phi) is 6.23. The molecule has 0 unspecified atom stereocenters. The molecule has 0 radical (unpaired) electrons. The predicted octanol–water partition coefficient (Wildman–Crippen LogP) is 4.29. The Morgan fingerprint density at radius 3 is 2.54 bits per heavy atom. The van der Waals surface area contributed by atoms with Crippen LogP contribution in [0.1, 0.15) is 11.3 Å². The molecule has 1 aromatic heterocycles. The van der Waals surface area contributed by atoms with E-state index in [1.54, 1.807) is 24.6 Å². The lowest BCUT2D eigenvalue weighted by Gasteiger charge is -2.09. The van der Waals surface area contributed by atoms with Gasteiger partial charge in [0.1, 0.15) is 5.75 Å². The normalized spacial score (nSPS) is 10.2. The van der Waals surface area contributed by atoms with Crippen molar-refractivity contribution in [2.45, 2.75) is 13.3 Å². The maximum Gasteiger partial charge on any atom is 0.325 e. The third-order valence-corrected chi connectivity index (χ3v) is 4.61. The van der Waals surface area contributed by atoms with Crippen molar-refractivity contribution in [3.05, 3.63) is 65.2 Å². The zero-order valence-electron chi connectivity index (χ0n) is 15.5. The van der Waals surface area contributed by atoms with Crippen molar-refractivity contribution in [1.82, 2.24) is 4.98 Å². The van der Waals surface area contributed by atoms with E-state index in [2.05, 4.69) is 20.9 Å². The summed E-state index contributed by atoms with van der Waals surface area (Å²) in [6, 6.07) is 14.3. The van der Waals surface area contributed by atoms with Crippen molar-refractivity contribution in [1.29, 1.82) is 0 Å². The van der Waals surface area contributed by atoms with Gasteiger partial charge >= 0.3 is 6.03 Å². The summed E-state index contributed by atoms with van der Waals surface area (Å²) in [5.74, 6) is 0.370. The molecular weight excluding hydrogens is 376 g/mol. The maximum absolute atomic E-state index is 12.2. The van der Waals surface area contributed by atoms with Gasteiger partial charge in [-0.05, 0) is 31.2 Å². The van der Waals surface area contributed by atoms with Crippen molar-refractivity contribution >= 4 is 39.8 Å². The number of nitrogens with one attached hydrogen (secondary N) is 3. The first-order chi connectivity index (χ1) is 13.5. The molecule has 3 amide bonds. The van der Waals surface area contributed by atoms with Crippen LogP contribution >= 0.6 is 11.3 Å². The number of carbonyl (C=O) groups is 2. The molecule has 3 N–H and O–H groups in total. The number of aryl methyl sites for hydroxylation is 1. The number of para-hydroxylation sites is 2. The summed E-state index contributed by atoms with van der Waals surface area (Å²) in [6.45, 7) is 1.98. The number of ether oxygens (including phenoxy) is 1. The number of aromatic nitrogens is 1. The van der Waals surface area contributed by atoms with Crippen LogP contribution in [0.3, 0.4) is 0 Å². The number of hydrogen-bond donors (Lipinski definition) is 3. The molecule has 0 atom stereocenters. The van der Waals surface area contributed by atoms with Crippen LogP contribution in [-0.4, -0.2) is 24.0 Å². The molecule has 0 spiro atoms. The SMILES string of the molecule is COc1ccccc1NC(=O)Cc1csc(NC(=O)Nc2ccc(C)cc2)n1. The van der Waals surface area contributed by atoms with E-state index in [0.29, 0.717) is 27.9 Å². The summed E-state index contributed by atoms with van der Waals surface area (Å²) >= 11 is 1.26. The Balaban J connectivity index is 1.54. The lowest BCUT2D eigenvalue weighted by molar-refractivity contribution is -0.115. The molecule has 1 heterocycles. The van der Waals surface area contributed by atoms with Crippen LogP contribution in [0.5, 0.6) is 5.75 Å². The molecule has 0 aliphatic rings. The number of thiazole rings is 1. The van der Waals surface area contributed by atoms with Crippen molar-refractivity contribution < 1.29 is 14.3 Å². The monoisotopic (exact) mass is 396 g/mol. The molecule has 0 bridgehead atoms. The first kappa shape index (κ1) is 19.4. The molecule has 7 nitrogen and oxygen atoms in total. The van der Waals surface area contributed by atoms with Gasteiger partial charge < -0.3 is 15.4 Å². The van der Waals surface area contributed by atoms with Crippen LogP contribution in [0.25, 0.3) is 0 Å². The summed E-state index contributed by atoms with van der Waals surface area (Å²) in [5, 5.41) is 10.4. The summed E-state index contributed by atoms with van der Waals surface area (Å²) in [6.07, 6.45) is 0.0931. The average molecular weight is 396 g/mol. The number of rotatable bonds is 6. The lowest BCUT2D eigenvalue weighted by Crippen LogP contribution is -2.19. The van der Waals surface area contributed by atoms with Gasteiger partial charge in [0.2, 0.25) is 5.91 Å². The molecule has 28 heavy (non-hydrogen) atoms. The summed E-state index contributed by atoms with van der Waals surface area (Å²) < 4.78 is 5.22. The Bertz CT molecular complexity index is 970. The van der Waals surface area contributed by atoms with Gasteiger partial charge in [0.25, 0.3) is 0 Å². The van der Waals surface area contributed by atoms with E-state index < -0.39 is 0 Å². The van der Waals surface area contributed by atoms with Crippen LogP contribution in [0.2, 0.25) is 0 Å². The highest BCUT2D eigenvalue weighted by Crippen LogP contribution is 2.23. The largest absolute Gasteiger partial charge is 0.495 e. The van der Waals surface area contributed by atoms with E-state index in [1.807, 2.05) is 43.3 Å². The fourth-order valence-electron chi connectivity index (χ4n) is 2.45. The van der Waals surface area contributed by atoms with Crippen molar-refractivity contribution in [3.63, 3.8) is 0 Å². The van der Waals surface area contributed by atoms with E-state index >= 15 is 0 Å². The van der Waals surface area contributed by atoms with Gasteiger partial charge in [0.15, 0.2) is 5.13 Å². The molecule has 3 aromatic rings. The topological polar surface area (TPSA) is 92.4 Å². The number of hydrogen-bond acceptors (Lipinski definition) is 5. The standard InChI is InChI=1S/C20H20N4O3S/c1-13-7-9-14(10-8-13)21-19(26)24-20-22-15(12-28-20)11-18(25)23-16-5-3-4-6-17(16)27-2/h3-10,12H,11H2,1-2H3,(H,23,25)(H2,21,22,24,26). The van der Waals surface area contributed by atoms with Gasteiger partial charge in [0.05, 0.1) is 24.9 Å². The van der Waals surface area contributed by atoms with Crippen molar-refractivity contribution in [3.8, 4) is 5.75 Å². The molecule has 2 aromatic carbocycles. The average Bonchev–Trinajstić information content (AvgIpc) is 3.10. The summed E-state index contributed by atoms with van der Waals surface area (Å²) in [4.78, 5) is 28.6. The van der Waals surface area contributed by atoms with Crippen LogP contribution < -0.4 is 20.7 Å². The number of amides is 3. The quantitative estimate of drug-likeness (QED) is 0.580. The van der Waals surface area contributed by atoms with E-state index in [1.165, 1.54) is 11.3 Å². The highest BCUT2D eigenvalue weighted by Gasteiger charge is 2.12. The summed E-state index contributed by atoms with van der Waals surface area (Å²) in [7, 11) is 1.55. The number of urea groups is 1. The second-order valence-corrected chi connectivity index (χ2v) is 6.87. The summed E-state index contributed by atoms with van der Waals surface area (Å²) in [5.41, 5.74) is 2.97. The molecule has 0 fully saturated rings. The van der Waals surface area contributed by atoms with Gasteiger partial charge in [0, 0.05) is 11.1 Å². The Hall–Kier alpha value is -3.39. The smallest absolute Gasteiger partial charge is 0.325 e. The van der Waals surface area contributed by atoms with Crippen LogP contribution in [0.15, 0.2) is 53.9 Å². The molecule has 8 heteroatoms. The lowest BCUT2D eigenvalue weighted by atomic mass is 10.2. The maximum atomic E-state index is 12.2. The van der Waals surface area contributed by atoms with Crippen LogP contribution in [0.4, 0.5) is 21.3 Å². The Morgan fingerprint density at radius 1 is 1.04 bits per heavy atom. The van der Waals surface area contributed by atoms with Gasteiger partial charge in [-0.2, -0.15) is 0 Å². The minimum absolute atomic E-state index is 0.0931. The number of methoxy groups -OCH3 is 1. The Labute approximate surface area is 166 Å². The minimum Gasteiger partial charge on any atom is -0.495 e. The minimum atomic E-state index is -0.386. The molecule has 0 aliphatic heterocycles. The highest BCUT2D eigenvalue weighted by atomic mass is 32.1. The third kappa shape index (κ3) is 5.31. The van der Waals surface area contributed by atoms with E-state index in [0.717, 1.165) is 5.56 Å². The van der Waals surface area contributed by atoms with E-state index in [4.69, 9.17) is 4.74 Å².